The molecular formula is C21H25N3O4S. The van der Waals surface area contributed by atoms with Crippen LogP contribution in [0.2, 0.25) is 0 Å². The maximum atomic E-state index is 12.9. The van der Waals surface area contributed by atoms with Gasteiger partial charge in [0.05, 0.1) is 25.9 Å². The molecule has 0 radical (unpaired) electrons. The summed E-state index contributed by atoms with van der Waals surface area (Å²) in [6, 6.07) is 5.57. The Kier molecular flexibility index (Phi) is 6.22. The molecule has 0 bridgehead atoms. The molecule has 3 rings (SSSR count). The van der Waals surface area contributed by atoms with E-state index in [0.29, 0.717) is 34.8 Å². The van der Waals surface area contributed by atoms with E-state index in [1.54, 1.807) is 19.1 Å². The molecule has 1 aromatic carbocycles. The maximum Gasteiger partial charge on any atom is 0.262 e. The van der Waals surface area contributed by atoms with Crippen molar-refractivity contribution in [3.8, 4) is 11.5 Å². The lowest BCUT2D eigenvalue weighted by Gasteiger charge is -2.22. The van der Waals surface area contributed by atoms with Gasteiger partial charge in [-0.05, 0) is 44.0 Å². The smallest absolute Gasteiger partial charge is 0.262 e. The highest BCUT2D eigenvalue weighted by Crippen LogP contribution is 2.28. The molecule has 0 N–H and O–H groups in total. The van der Waals surface area contributed by atoms with Crippen molar-refractivity contribution in [2.45, 2.75) is 33.9 Å². The van der Waals surface area contributed by atoms with E-state index in [2.05, 4.69) is 4.98 Å². The van der Waals surface area contributed by atoms with E-state index < -0.39 is 0 Å². The SMILES string of the molecule is CCN(Cc1ccc(OC)c(OC)c1)C(=O)Cn1cnc2sc(C)c(C)c2c1=O. The minimum atomic E-state index is -0.174. The van der Waals surface area contributed by atoms with Crippen molar-refractivity contribution < 1.29 is 14.3 Å². The van der Waals surface area contributed by atoms with Gasteiger partial charge < -0.3 is 14.4 Å². The van der Waals surface area contributed by atoms with Gasteiger partial charge in [0.1, 0.15) is 11.4 Å². The van der Waals surface area contributed by atoms with Crippen LogP contribution in [-0.4, -0.2) is 41.1 Å². The van der Waals surface area contributed by atoms with Crippen LogP contribution < -0.4 is 15.0 Å². The number of likely N-dealkylation sites (N-methyl/N-ethyl adjacent to an activating group) is 1. The summed E-state index contributed by atoms with van der Waals surface area (Å²) in [5, 5.41) is 0.603. The second-order valence-electron chi connectivity index (χ2n) is 6.74. The number of carbonyl (C=O) groups excluding carboxylic acids is 1. The second kappa shape index (κ2) is 8.65. The van der Waals surface area contributed by atoms with Crippen molar-refractivity contribution in [1.29, 1.82) is 0 Å². The highest BCUT2D eigenvalue weighted by molar-refractivity contribution is 7.18. The number of aryl methyl sites for hydroxylation is 2. The van der Waals surface area contributed by atoms with E-state index in [4.69, 9.17) is 9.47 Å². The summed E-state index contributed by atoms with van der Waals surface area (Å²) in [4.78, 5) is 33.6. The monoisotopic (exact) mass is 415 g/mol. The number of benzene rings is 1. The average molecular weight is 416 g/mol. The Hall–Kier alpha value is -2.87. The average Bonchev–Trinajstić information content (AvgIpc) is 3.02. The summed E-state index contributed by atoms with van der Waals surface area (Å²) in [7, 11) is 3.16. The lowest BCUT2D eigenvalue weighted by Crippen LogP contribution is -2.36. The van der Waals surface area contributed by atoms with E-state index in [1.807, 2.05) is 39.0 Å². The number of thiophene rings is 1. The fourth-order valence-electron chi connectivity index (χ4n) is 3.20. The van der Waals surface area contributed by atoms with Crippen LogP contribution in [-0.2, 0) is 17.9 Å². The Morgan fingerprint density at radius 1 is 1.21 bits per heavy atom. The Morgan fingerprint density at radius 2 is 1.93 bits per heavy atom. The van der Waals surface area contributed by atoms with Crippen LogP contribution in [0.25, 0.3) is 10.2 Å². The molecule has 0 aliphatic carbocycles. The lowest BCUT2D eigenvalue weighted by molar-refractivity contribution is -0.132. The first-order valence-corrected chi connectivity index (χ1v) is 10.1. The van der Waals surface area contributed by atoms with E-state index in [0.717, 1.165) is 16.0 Å². The number of carbonyl (C=O) groups is 1. The molecular weight excluding hydrogens is 390 g/mol. The van der Waals surface area contributed by atoms with Crippen LogP contribution in [0, 0.1) is 13.8 Å². The van der Waals surface area contributed by atoms with Crippen LogP contribution in [0.15, 0.2) is 29.3 Å². The molecule has 29 heavy (non-hydrogen) atoms. The minimum Gasteiger partial charge on any atom is -0.493 e. The molecule has 0 aliphatic heterocycles. The van der Waals surface area contributed by atoms with Crippen LogP contribution >= 0.6 is 11.3 Å². The standard InChI is InChI=1S/C21H25N3O4S/c1-6-23(10-15-7-8-16(27-4)17(9-15)28-5)18(25)11-24-12-22-20-19(21(24)26)13(2)14(3)29-20/h7-9,12H,6,10-11H2,1-5H3. The van der Waals surface area contributed by atoms with Crippen LogP contribution in [0.3, 0.4) is 0 Å². The van der Waals surface area contributed by atoms with Gasteiger partial charge in [-0.15, -0.1) is 11.3 Å². The van der Waals surface area contributed by atoms with Gasteiger partial charge >= 0.3 is 0 Å². The molecule has 7 nitrogen and oxygen atoms in total. The summed E-state index contributed by atoms with van der Waals surface area (Å²) in [5.74, 6) is 1.11. The molecule has 3 aromatic rings. The molecule has 8 heteroatoms. The molecule has 0 unspecified atom stereocenters. The summed E-state index contributed by atoms with van der Waals surface area (Å²) in [6.07, 6.45) is 1.46. The fourth-order valence-corrected chi connectivity index (χ4v) is 4.19. The number of hydrogen-bond donors (Lipinski definition) is 0. The first kappa shape index (κ1) is 20.9. The number of rotatable bonds is 7. The van der Waals surface area contributed by atoms with E-state index in [1.165, 1.54) is 22.2 Å². The highest BCUT2D eigenvalue weighted by atomic mass is 32.1. The maximum absolute atomic E-state index is 12.9. The van der Waals surface area contributed by atoms with Crippen molar-refractivity contribution in [2.24, 2.45) is 0 Å². The molecule has 1 amide bonds. The fraction of sp³-hybridized carbons (Fsp3) is 0.381. The first-order valence-electron chi connectivity index (χ1n) is 9.33. The summed E-state index contributed by atoms with van der Waals surface area (Å²) in [5.41, 5.74) is 1.68. The Bertz CT molecular complexity index is 1100. The number of ether oxygens (including phenoxy) is 2. The van der Waals surface area contributed by atoms with Gasteiger partial charge in [0.2, 0.25) is 5.91 Å². The summed E-state index contributed by atoms with van der Waals surface area (Å²) < 4.78 is 12.0. The van der Waals surface area contributed by atoms with Crippen molar-refractivity contribution in [3.05, 3.63) is 50.9 Å². The van der Waals surface area contributed by atoms with Gasteiger partial charge in [-0.1, -0.05) is 6.07 Å². The predicted molar refractivity (Wildman–Crippen MR) is 114 cm³/mol. The quantitative estimate of drug-likeness (QED) is 0.593. The van der Waals surface area contributed by atoms with Crippen LogP contribution in [0.1, 0.15) is 22.9 Å². The van der Waals surface area contributed by atoms with Gasteiger partial charge in [-0.25, -0.2) is 4.98 Å². The number of hydrogen-bond acceptors (Lipinski definition) is 6. The van der Waals surface area contributed by atoms with E-state index in [-0.39, 0.29) is 18.0 Å². The zero-order chi connectivity index (χ0) is 21.1. The lowest BCUT2D eigenvalue weighted by atomic mass is 10.2. The molecule has 0 aliphatic rings. The van der Waals surface area contributed by atoms with Crippen molar-refractivity contribution in [3.63, 3.8) is 0 Å². The third-order valence-electron chi connectivity index (χ3n) is 5.02. The molecule has 0 saturated heterocycles. The van der Waals surface area contributed by atoms with Crippen LogP contribution in [0.4, 0.5) is 0 Å². The van der Waals surface area contributed by atoms with Gasteiger partial charge in [0, 0.05) is 18.0 Å². The van der Waals surface area contributed by atoms with E-state index in [9.17, 15) is 9.59 Å². The zero-order valence-electron chi connectivity index (χ0n) is 17.3. The molecule has 0 fully saturated rings. The first-order chi connectivity index (χ1) is 13.9. The number of aromatic nitrogens is 2. The van der Waals surface area contributed by atoms with Crippen molar-refractivity contribution in [1.82, 2.24) is 14.5 Å². The number of fused-ring (bicyclic) bond motifs is 1. The molecule has 154 valence electrons. The van der Waals surface area contributed by atoms with Gasteiger partial charge in [0.15, 0.2) is 11.5 Å². The third kappa shape index (κ3) is 4.12. The molecule has 0 spiro atoms. The summed E-state index contributed by atoms with van der Waals surface area (Å²) in [6.45, 7) is 6.69. The van der Waals surface area contributed by atoms with Gasteiger partial charge in [0.25, 0.3) is 5.56 Å². The Morgan fingerprint density at radius 3 is 2.59 bits per heavy atom. The highest BCUT2D eigenvalue weighted by Gasteiger charge is 2.17. The molecule has 0 atom stereocenters. The van der Waals surface area contributed by atoms with Crippen molar-refractivity contribution >= 4 is 27.5 Å². The number of nitrogens with zero attached hydrogens (tertiary/aromatic N) is 3. The summed E-state index contributed by atoms with van der Waals surface area (Å²) >= 11 is 1.50. The Balaban J connectivity index is 1.82. The number of methoxy groups -OCH3 is 2. The second-order valence-corrected chi connectivity index (χ2v) is 7.94. The third-order valence-corrected chi connectivity index (χ3v) is 6.13. The molecule has 2 heterocycles. The molecule has 2 aromatic heterocycles. The van der Waals surface area contributed by atoms with Crippen molar-refractivity contribution in [2.75, 3.05) is 20.8 Å². The Labute approximate surface area is 173 Å². The predicted octanol–water partition coefficient (Wildman–Crippen LogP) is 3.14. The van der Waals surface area contributed by atoms with Gasteiger partial charge in [-0.3, -0.25) is 14.2 Å². The zero-order valence-corrected chi connectivity index (χ0v) is 18.1. The normalized spacial score (nSPS) is 10.9. The molecule has 0 saturated carbocycles. The van der Waals surface area contributed by atoms with Crippen LogP contribution in [0.5, 0.6) is 11.5 Å². The van der Waals surface area contributed by atoms with Gasteiger partial charge in [-0.2, -0.15) is 0 Å². The minimum absolute atomic E-state index is 0.0444. The van der Waals surface area contributed by atoms with E-state index >= 15 is 0 Å². The number of amides is 1. The topological polar surface area (TPSA) is 73.7 Å². The largest absolute Gasteiger partial charge is 0.493 e.